The highest BCUT2D eigenvalue weighted by molar-refractivity contribution is 5.73. The predicted octanol–water partition coefficient (Wildman–Crippen LogP) is 2.63. The van der Waals surface area contributed by atoms with E-state index in [4.69, 9.17) is 15.0 Å². The molecule has 2 rings (SSSR count). The quantitative estimate of drug-likeness (QED) is 0.889. The molecule has 1 heterocycles. The van der Waals surface area contributed by atoms with Crippen LogP contribution >= 0.6 is 0 Å². The van der Waals surface area contributed by atoms with Gasteiger partial charge >= 0.3 is 0 Å². The molecule has 0 saturated carbocycles. The average Bonchev–Trinajstić information content (AvgIpc) is 2.74. The lowest BCUT2D eigenvalue weighted by molar-refractivity contribution is 0.405. The van der Waals surface area contributed by atoms with Crippen LogP contribution in [0.3, 0.4) is 0 Å². The zero-order valence-corrected chi connectivity index (χ0v) is 9.66. The number of halogens is 1. The third-order valence-corrected chi connectivity index (χ3v) is 2.64. The van der Waals surface area contributed by atoms with Gasteiger partial charge in [0, 0.05) is 5.56 Å². The van der Waals surface area contributed by atoms with Gasteiger partial charge in [0.25, 0.3) is 0 Å². The first-order valence-corrected chi connectivity index (χ1v) is 5.24. The lowest BCUT2D eigenvalue weighted by Crippen LogP contribution is -1.96. The van der Waals surface area contributed by atoms with Crippen LogP contribution in [0.25, 0.3) is 11.1 Å². The fraction of sp³-hybridized carbons (Fsp3) is 0.250. The summed E-state index contributed by atoms with van der Waals surface area (Å²) in [5, 5.41) is 3.56. The Hall–Kier alpha value is -2.04. The van der Waals surface area contributed by atoms with Crippen LogP contribution in [-0.4, -0.2) is 12.3 Å². The van der Waals surface area contributed by atoms with Gasteiger partial charge in [-0.3, -0.25) is 0 Å². The van der Waals surface area contributed by atoms with E-state index in [9.17, 15) is 4.39 Å². The highest BCUT2D eigenvalue weighted by Crippen LogP contribution is 2.32. The smallest absolute Gasteiger partial charge is 0.229 e. The Morgan fingerprint density at radius 1 is 1.47 bits per heavy atom. The van der Waals surface area contributed by atoms with Gasteiger partial charge in [0.05, 0.1) is 18.9 Å². The molecule has 90 valence electrons. The van der Waals surface area contributed by atoms with Crippen molar-refractivity contribution in [1.29, 1.82) is 0 Å². The maximum atomic E-state index is 13.8. The van der Waals surface area contributed by atoms with E-state index in [0.717, 1.165) is 0 Å². The summed E-state index contributed by atoms with van der Waals surface area (Å²) in [6.07, 6.45) is 2.02. The minimum absolute atomic E-state index is 0.163. The number of hydrogen-bond donors (Lipinski definition) is 1. The van der Waals surface area contributed by atoms with Gasteiger partial charge in [0.2, 0.25) is 5.88 Å². The lowest BCUT2D eigenvalue weighted by atomic mass is 10.0. The topological polar surface area (TPSA) is 61.3 Å². The van der Waals surface area contributed by atoms with Gasteiger partial charge in [-0.15, -0.1) is 0 Å². The molecule has 0 unspecified atom stereocenters. The third kappa shape index (κ3) is 1.95. The molecule has 17 heavy (non-hydrogen) atoms. The average molecular weight is 236 g/mol. The molecule has 2 aromatic rings. The number of methoxy groups -OCH3 is 1. The first-order valence-electron chi connectivity index (χ1n) is 5.24. The summed E-state index contributed by atoms with van der Waals surface area (Å²) < 4.78 is 23.8. The molecule has 0 spiro atoms. The third-order valence-electron chi connectivity index (χ3n) is 2.64. The maximum absolute atomic E-state index is 13.8. The molecular formula is C12H13FN2O2. The summed E-state index contributed by atoms with van der Waals surface area (Å²) in [5.74, 6) is 0.348. The Labute approximate surface area is 98.2 Å². The van der Waals surface area contributed by atoms with Crippen molar-refractivity contribution in [2.45, 2.75) is 13.3 Å². The molecule has 1 aromatic carbocycles. The van der Waals surface area contributed by atoms with Gasteiger partial charge in [-0.1, -0.05) is 12.1 Å². The highest BCUT2D eigenvalue weighted by atomic mass is 19.1. The largest absolute Gasteiger partial charge is 0.496 e. The summed E-state index contributed by atoms with van der Waals surface area (Å²) in [5.41, 5.74) is 7.29. The van der Waals surface area contributed by atoms with Crippen LogP contribution < -0.4 is 10.5 Å². The molecule has 0 amide bonds. The number of nitrogens with two attached hydrogens (primary N) is 1. The monoisotopic (exact) mass is 236 g/mol. The number of ether oxygens (including phenoxy) is 1. The molecule has 0 atom stereocenters. The summed E-state index contributed by atoms with van der Waals surface area (Å²) in [6.45, 7) is 1.87. The van der Waals surface area contributed by atoms with Crippen molar-refractivity contribution in [2.24, 2.45) is 0 Å². The first kappa shape index (κ1) is 11.4. The normalized spacial score (nSPS) is 10.5. The summed E-state index contributed by atoms with van der Waals surface area (Å²) in [4.78, 5) is 0. The molecule has 5 heteroatoms. The highest BCUT2D eigenvalue weighted by Gasteiger charge is 2.14. The van der Waals surface area contributed by atoms with E-state index >= 15 is 0 Å². The predicted molar refractivity (Wildman–Crippen MR) is 62.2 cm³/mol. The number of hydrogen-bond acceptors (Lipinski definition) is 4. The Balaban J connectivity index is 2.58. The van der Waals surface area contributed by atoms with E-state index in [-0.39, 0.29) is 11.7 Å². The van der Waals surface area contributed by atoms with Crippen molar-refractivity contribution >= 4 is 5.88 Å². The molecule has 4 nitrogen and oxygen atoms in total. The SMILES string of the molecule is CCc1c(F)cc(-c2cnoc2N)cc1OC. The van der Waals surface area contributed by atoms with Gasteiger partial charge in [-0.2, -0.15) is 0 Å². The molecule has 0 aliphatic rings. The van der Waals surface area contributed by atoms with Crippen molar-refractivity contribution in [3.8, 4) is 16.9 Å². The van der Waals surface area contributed by atoms with Crippen LogP contribution in [0.2, 0.25) is 0 Å². The van der Waals surface area contributed by atoms with E-state index in [1.54, 1.807) is 6.07 Å². The number of nitrogen functional groups attached to an aromatic ring is 1. The zero-order chi connectivity index (χ0) is 12.4. The van der Waals surface area contributed by atoms with Gasteiger partial charge in [-0.25, -0.2) is 4.39 Å². The van der Waals surface area contributed by atoms with Gasteiger partial charge in [0.15, 0.2) is 0 Å². The number of anilines is 1. The Morgan fingerprint density at radius 3 is 2.76 bits per heavy atom. The summed E-state index contributed by atoms with van der Waals surface area (Å²) in [7, 11) is 1.51. The molecule has 0 aliphatic heterocycles. The second-order valence-electron chi connectivity index (χ2n) is 3.60. The van der Waals surface area contributed by atoms with Crippen LogP contribution in [-0.2, 0) is 6.42 Å². The van der Waals surface area contributed by atoms with Gasteiger partial charge in [0.1, 0.15) is 11.6 Å². The molecule has 0 radical (unpaired) electrons. The maximum Gasteiger partial charge on any atom is 0.229 e. The van der Waals surface area contributed by atoms with Crippen LogP contribution in [0.15, 0.2) is 22.9 Å². The Bertz CT molecular complexity index is 537. The van der Waals surface area contributed by atoms with Gasteiger partial charge in [-0.05, 0) is 24.1 Å². The van der Waals surface area contributed by atoms with Crippen LogP contribution in [0.4, 0.5) is 10.3 Å². The second-order valence-corrected chi connectivity index (χ2v) is 3.60. The number of benzene rings is 1. The fourth-order valence-corrected chi connectivity index (χ4v) is 1.76. The lowest BCUT2D eigenvalue weighted by Gasteiger charge is -2.10. The van der Waals surface area contributed by atoms with Crippen LogP contribution in [0.5, 0.6) is 5.75 Å². The molecule has 0 bridgehead atoms. The zero-order valence-electron chi connectivity index (χ0n) is 9.66. The van der Waals surface area contributed by atoms with E-state index in [0.29, 0.717) is 28.9 Å². The first-order chi connectivity index (χ1) is 8.17. The molecule has 0 aliphatic carbocycles. The summed E-state index contributed by atoms with van der Waals surface area (Å²) in [6, 6.07) is 3.13. The van der Waals surface area contributed by atoms with Crippen LogP contribution in [0, 0.1) is 5.82 Å². The molecular weight excluding hydrogens is 223 g/mol. The minimum Gasteiger partial charge on any atom is -0.496 e. The number of nitrogens with zero attached hydrogens (tertiary/aromatic N) is 1. The molecule has 0 saturated heterocycles. The fourth-order valence-electron chi connectivity index (χ4n) is 1.76. The van der Waals surface area contributed by atoms with E-state index < -0.39 is 0 Å². The molecule has 0 fully saturated rings. The van der Waals surface area contributed by atoms with Crippen molar-refractivity contribution < 1.29 is 13.7 Å². The van der Waals surface area contributed by atoms with E-state index in [1.165, 1.54) is 19.4 Å². The van der Waals surface area contributed by atoms with Crippen LogP contribution in [0.1, 0.15) is 12.5 Å². The van der Waals surface area contributed by atoms with Crippen molar-refractivity contribution in [1.82, 2.24) is 5.16 Å². The Kier molecular flexibility index (Phi) is 2.99. The van der Waals surface area contributed by atoms with E-state index in [1.807, 2.05) is 6.92 Å². The summed E-state index contributed by atoms with van der Waals surface area (Å²) >= 11 is 0. The molecule has 2 N–H and O–H groups in total. The van der Waals surface area contributed by atoms with Gasteiger partial charge < -0.3 is 15.0 Å². The van der Waals surface area contributed by atoms with Crippen molar-refractivity contribution in [3.63, 3.8) is 0 Å². The van der Waals surface area contributed by atoms with Crippen molar-refractivity contribution in [3.05, 3.63) is 29.7 Å². The minimum atomic E-state index is -0.317. The number of rotatable bonds is 3. The standard InChI is InChI=1S/C12H13FN2O2/c1-3-8-10(13)4-7(5-11(8)16-2)9-6-15-17-12(9)14/h4-6H,3,14H2,1-2H3. The Morgan fingerprint density at radius 2 is 2.24 bits per heavy atom. The van der Waals surface area contributed by atoms with E-state index in [2.05, 4.69) is 5.16 Å². The second kappa shape index (κ2) is 4.45. The van der Waals surface area contributed by atoms with Crippen molar-refractivity contribution in [2.75, 3.05) is 12.8 Å². The number of aromatic nitrogens is 1. The molecule has 1 aromatic heterocycles.